The van der Waals surface area contributed by atoms with Gasteiger partial charge < -0.3 is 15.2 Å². The molecule has 2 heterocycles. The van der Waals surface area contributed by atoms with Crippen LogP contribution >= 0.6 is 15.9 Å². The van der Waals surface area contributed by atoms with E-state index in [-0.39, 0.29) is 11.8 Å². The normalized spacial score (nSPS) is 19.6. The fraction of sp³-hybridized carbons (Fsp3) is 0.571. The second-order valence-corrected chi connectivity index (χ2v) is 6.56. The van der Waals surface area contributed by atoms with Crippen molar-refractivity contribution >= 4 is 27.7 Å². The molecule has 3 rings (SSSR count). The number of aromatic nitrogens is 1. The van der Waals surface area contributed by atoms with Gasteiger partial charge in [0, 0.05) is 42.9 Å². The average molecular weight is 355 g/mol. The van der Waals surface area contributed by atoms with Crippen molar-refractivity contribution in [3.63, 3.8) is 0 Å². The summed E-state index contributed by atoms with van der Waals surface area (Å²) in [5.41, 5.74) is 0.599. The molecule has 21 heavy (non-hydrogen) atoms. The highest BCUT2D eigenvalue weighted by atomic mass is 79.9. The van der Waals surface area contributed by atoms with E-state index in [0.29, 0.717) is 31.4 Å². The summed E-state index contributed by atoms with van der Waals surface area (Å²) in [6.07, 6.45) is 3.98. The van der Waals surface area contributed by atoms with Crippen LogP contribution in [-0.4, -0.2) is 65.4 Å². The predicted octanol–water partition coefficient (Wildman–Crippen LogP) is 0.814. The topological polar surface area (TPSA) is 68.4 Å². The van der Waals surface area contributed by atoms with Crippen molar-refractivity contribution in [1.29, 1.82) is 0 Å². The van der Waals surface area contributed by atoms with Crippen LogP contribution in [0.2, 0.25) is 0 Å². The molecule has 0 spiro atoms. The first-order valence-electron chi connectivity index (χ1n) is 7.27. The molecular formula is C14H19BrN4O2. The van der Waals surface area contributed by atoms with Gasteiger partial charge in [-0.1, -0.05) is 0 Å². The molecule has 2 N–H and O–H groups in total. The Kier molecular flexibility index (Phi) is 4.30. The van der Waals surface area contributed by atoms with Crippen LogP contribution in [0.5, 0.6) is 0 Å². The van der Waals surface area contributed by atoms with Gasteiger partial charge in [0.2, 0.25) is 5.91 Å². The first-order valence-corrected chi connectivity index (χ1v) is 8.06. The van der Waals surface area contributed by atoms with Crippen molar-refractivity contribution in [2.45, 2.75) is 18.9 Å². The predicted molar refractivity (Wildman–Crippen MR) is 82.0 cm³/mol. The van der Waals surface area contributed by atoms with E-state index in [9.17, 15) is 9.59 Å². The van der Waals surface area contributed by atoms with Crippen LogP contribution in [0.4, 0.5) is 0 Å². The second-order valence-electron chi connectivity index (χ2n) is 5.64. The molecular weight excluding hydrogens is 336 g/mol. The third-order valence-electron chi connectivity index (χ3n) is 3.85. The third kappa shape index (κ3) is 3.85. The van der Waals surface area contributed by atoms with Crippen LogP contribution in [0.1, 0.15) is 23.3 Å². The zero-order chi connectivity index (χ0) is 14.8. The Morgan fingerprint density at radius 2 is 2.00 bits per heavy atom. The number of hydrogen-bond acceptors (Lipinski definition) is 3. The number of rotatable bonds is 4. The van der Waals surface area contributed by atoms with Crippen molar-refractivity contribution in [3.05, 3.63) is 22.4 Å². The Hall–Kier alpha value is -1.34. The van der Waals surface area contributed by atoms with Crippen molar-refractivity contribution in [2.24, 2.45) is 0 Å². The number of piperazine rings is 1. The summed E-state index contributed by atoms with van der Waals surface area (Å²) in [5.74, 6) is 0.119. The number of halogens is 1. The Balaban J connectivity index is 1.46. The van der Waals surface area contributed by atoms with Gasteiger partial charge in [0.25, 0.3) is 5.91 Å². The number of H-pyrrole nitrogens is 1. The largest absolute Gasteiger partial charge is 0.356 e. The lowest BCUT2D eigenvalue weighted by molar-refractivity contribution is -0.122. The maximum absolute atomic E-state index is 12.3. The van der Waals surface area contributed by atoms with Crippen molar-refractivity contribution in [1.82, 2.24) is 20.1 Å². The average Bonchev–Trinajstić information content (AvgIpc) is 3.17. The molecule has 114 valence electrons. The van der Waals surface area contributed by atoms with Gasteiger partial charge in [-0.25, -0.2) is 0 Å². The van der Waals surface area contributed by atoms with Crippen LogP contribution in [0.25, 0.3) is 0 Å². The molecule has 0 radical (unpaired) electrons. The summed E-state index contributed by atoms with van der Waals surface area (Å²) >= 11 is 3.33. The zero-order valence-electron chi connectivity index (χ0n) is 11.8. The van der Waals surface area contributed by atoms with E-state index < -0.39 is 0 Å². The number of carbonyl (C=O) groups excluding carboxylic acids is 2. The highest BCUT2D eigenvalue weighted by molar-refractivity contribution is 9.10. The molecule has 0 atom stereocenters. The lowest BCUT2D eigenvalue weighted by atomic mass is 10.2. The van der Waals surface area contributed by atoms with Crippen molar-refractivity contribution in [3.8, 4) is 0 Å². The molecule has 0 unspecified atom stereocenters. The van der Waals surface area contributed by atoms with Gasteiger partial charge in [-0.15, -0.1) is 0 Å². The summed E-state index contributed by atoms with van der Waals surface area (Å²) in [6.45, 7) is 3.24. The summed E-state index contributed by atoms with van der Waals surface area (Å²) in [5, 5.41) is 2.99. The molecule has 0 bridgehead atoms. The van der Waals surface area contributed by atoms with Gasteiger partial charge in [-0.3, -0.25) is 14.5 Å². The number of aromatic amines is 1. The molecule has 1 aliphatic heterocycles. The molecule has 0 aromatic carbocycles. The van der Waals surface area contributed by atoms with E-state index >= 15 is 0 Å². The Labute approximate surface area is 132 Å². The summed E-state index contributed by atoms with van der Waals surface area (Å²) in [4.78, 5) is 30.9. The fourth-order valence-electron chi connectivity index (χ4n) is 2.47. The van der Waals surface area contributed by atoms with E-state index in [4.69, 9.17) is 0 Å². The first kappa shape index (κ1) is 14.6. The molecule has 1 saturated heterocycles. The number of nitrogens with one attached hydrogen (secondary N) is 2. The first-order chi connectivity index (χ1) is 10.1. The summed E-state index contributed by atoms with van der Waals surface area (Å²) in [7, 11) is 0. The second kappa shape index (κ2) is 6.19. The van der Waals surface area contributed by atoms with Crippen LogP contribution in [0.15, 0.2) is 16.7 Å². The van der Waals surface area contributed by atoms with Crippen LogP contribution < -0.4 is 5.32 Å². The van der Waals surface area contributed by atoms with Gasteiger partial charge in [0.1, 0.15) is 5.69 Å². The SMILES string of the molecule is O=C(CN1CCN(C(=O)c2cc(Br)c[nH]2)CC1)NC1CC1. The van der Waals surface area contributed by atoms with E-state index in [0.717, 1.165) is 30.4 Å². The van der Waals surface area contributed by atoms with Gasteiger partial charge in [0.05, 0.1) is 6.54 Å². The monoisotopic (exact) mass is 354 g/mol. The van der Waals surface area contributed by atoms with Crippen LogP contribution in [0.3, 0.4) is 0 Å². The van der Waals surface area contributed by atoms with Gasteiger partial charge in [-0.2, -0.15) is 0 Å². The maximum Gasteiger partial charge on any atom is 0.270 e. The fourth-order valence-corrected chi connectivity index (χ4v) is 2.82. The van der Waals surface area contributed by atoms with E-state index in [2.05, 4.69) is 31.1 Å². The standard InChI is InChI=1S/C14H19BrN4O2/c15-10-7-12(16-8-10)14(21)19-5-3-18(4-6-19)9-13(20)17-11-1-2-11/h7-8,11,16H,1-6,9H2,(H,17,20). The minimum absolute atomic E-state index is 0.0165. The Morgan fingerprint density at radius 3 is 2.57 bits per heavy atom. The highest BCUT2D eigenvalue weighted by Gasteiger charge is 2.26. The van der Waals surface area contributed by atoms with Crippen molar-refractivity contribution in [2.75, 3.05) is 32.7 Å². The Bertz CT molecular complexity index is 533. The van der Waals surface area contributed by atoms with Crippen LogP contribution in [-0.2, 0) is 4.79 Å². The molecule has 2 aliphatic rings. The van der Waals surface area contributed by atoms with Gasteiger partial charge in [-0.05, 0) is 34.8 Å². The molecule has 7 heteroatoms. The quantitative estimate of drug-likeness (QED) is 0.840. The molecule has 2 fully saturated rings. The minimum Gasteiger partial charge on any atom is -0.356 e. The molecule has 1 aromatic heterocycles. The number of nitrogens with zero attached hydrogens (tertiary/aromatic N) is 2. The summed E-state index contributed by atoms with van der Waals surface area (Å²) < 4.78 is 0.876. The third-order valence-corrected chi connectivity index (χ3v) is 4.31. The van der Waals surface area contributed by atoms with Gasteiger partial charge >= 0.3 is 0 Å². The summed E-state index contributed by atoms with van der Waals surface area (Å²) in [6, 6.07) is 2.20. The lowest BCUT2D eigenvalue weighted by Crippen LogP contribution is -2.51. The maximum atomic E-state index is 12.3. The lowest BCUT2D eigenvalue weighted by Gasteiger charge is -2.34. The molecule has 1 saturated carbocycles. The van der Waals surface area contributed by atoms with E-state index in [1.54, 1.807) is 12.3 Å². The Morgan fingerprint density at radius 1 is 1.29 bits per heavy atom. The molecule has 6 nitrogen and oxygen atoms in total. The zero-order valence-corrected chi connectivity index (χ0v) is 13.4. The number of carbonyl (C=O) groups is 2. The van der Waals surface area contributed by atoms with Gasteiger partial charge in [0.15, 0.2) is 0 Å². The van der Waals surface area contributed by atoms with E-state index in [1.807, 2.05) is 4.90 Å². The smallest absolute Gasteiger partial charge is 0.270 e. The number of amides is 2. The van der Waals surface area contributed by atoms with E-state index in [1.165, 1.54) is 0 Å². The molecule has 1 aliphatic carbocycles. The minimum atomic E-state index is 0.0165. The van der Waals surface area contributed by atoms with Crippen molar-refractivity contribution < 1.29 is 9.59 Å². The molecule has 1 aromatic rings. The highest BCUT2D eigenvalue weighted by Crippen LogP contribution is 2.18. The number of hydrogen-bond donors (Lipinski definition) is 2. The molecule has 2 amide bonds. The van der Waals surface area contributed by atoms with Crippen LogP contribution in [0, 0.1) is 0 Å².